The maximum atomic E-state index is 9.06. The van der Waals surface area contributed by atoms with Gasteiger partial charge in [-0.05, 0) is 24.8 Å². The Bertz CT molecular complexity index is 380. The van der Waals surface area contributed by atoms with E-state index in [9.17, 15) is 0 Å². The van der Waals surface area contributed by atoms with E-state index in [1.54, 1.807) is 11.8 Å². The maximum absolute atomic E-state index is 9.06. The molecule has 0 aliphatic heterocycles. The summed E-state index contributed by atoms with van der Waals surface area (Å²) in [5, 5.41) is 12.3. The molecule has 3 heteroatoms. The predicted octanol–water partition coefficient (Wildman–Crippen LogP) is 3.27. The lowest BCUT2D eigenvalue weighted by Crippen LogP contribution is -2.02. The molecule has 0 amide bonds. The Labute approximate surface area is 95.0 Å². The van der Waals surface area contributed by atoms with Gasteiger partial charge in [-0.1, -0.05) is 12.1 Å². The van der Waals surface area contributed by atoms with Crippen molar-refractivity contribution in [2.75, 3.05) is 18.1 Å². The van der Waals surface area contributed by atoms with Gasteiger partial charge in [0.25, 0.3) is 0 Å². The van der Waals surface area contributed by atoms with Crippen molar-refractivity contribution < 1.29 is 0 Å². The molecule has 15 heavy (non-hydrogen) atoms. The maximum Gasteiger partial charge on any atom is 0.102 e. The van der Waals surface area contributed by atoms with Gasteiger partial charge in [-0.2, -0.15) is 5.26 Å². The minimum absolute atomic E-state index is 0.731. The molecule has 0 saturated carbocycles. The molecular formula is C12H14N2S. The van der Waals surface area contributed by atoms with Gasteiger partial charge in [-0.15, -0.1) is 18.3 Å². The highest BCUT2D eigenvalue weighted by Crippen LogP contribution is 2.26. The minimum atomic E-state index is 0.731. The molecule has 1 N–H and O–H groups in total. The zero-order valence-electron chi connectivity index (χ0n) is 8.79. The molecule has 78 valence electrons. The first-order valence-electron chi connectivity index (χ1n) is 4.75. The van der Waals surface area contributed by atoms with Gasteiger partial charge in [0.05, 0.1) is 11.3 Å². The first-order chi connectivity index (χ1) is 7.33. The summed E-state index contributed by atoms with van der Waals surface area (Å²) in [6, 6.07) is 8.09. The largest absolute Gasteiger partial charge is 0.384 e. The Morgan fingerprint density at radius 3 is 3.00 bits per heavy atom. The minimum Gasteiger partial charge on any atom is -0.384 e. The monoisotopic (exact) mass is 218 g/mol. The van der Waals surface area contributed by atoms with Crippen LogP contribution in [0.1, 0.15) is 12.0 Å². The van der Waals surface area contributed by atoms with Gasteiger partial charge in [0, 0.05) is 11.4 Å². The molecule has 2 nitrogen and oxygen atoms in total. The van der Waals surface area contributed by atoms with Crippen molar-refractivity contribution in [3.8, 4) is 6.07 Å². The van der Waals surface area contributed by atoms with Gasteiger partial charge in [-0.3, -0.25) is 0 Å². The van der Waals surface area contributed by atoms with Crippen molar-refractivity contribution in [3.05, 3.63) is 36.4 Å². The van der Waals surface area contributed by atoms with Crippen LogP contribution in [0.3, 0.4) is 0 Å². The number of nitrogens with one attached hydrogen (secondary N) is 1. The van der Waals surface area contributed by atoms with Crippen molar-refractivity contribution in [2.45, 2.75) is 11.3 Å². The Balaban J connectivity index is 2.87. The van der Waals surface area contributed by atoms with E-state index in [1.165, 1.54) is 0 Å². The quantitative estimate of drug-likeness (QED) is 0.468. The second kappa shape index (κ2) is 6.15. The number of benzene rings is 1. The lowest BCUT2D eigenvalue weighted by molar-refractivity contribution is 1.07. The SMILES string of the molecule is C=CCCNc1cccc(SC)c1C#N. The zero-order chi connectivity index (χ0) is 11.1. The van der Waals surface area contributed by atoms with Gasteiger partial charge in [0.15, 0.2) is 0 Å². The summed E-state index contributed by atoms with van der Waals surface area (Å²) in [5.74, 6) is 0. The fourth-order valence-corrected chi connectivity index (χ4v) is 1.85. The van der Waals surface area contributed by atoms with Gasteiger partial charge in [0.2, 0.25) is 0 Å². The van der Waals surface area contributed by atoms with E-state index in [-0.39, 0.29) is 0 Å². The third-order valence-corrected chi connectivity index (χ3v) is 2.80. The lowest BCUT2D eigenvalue weighted by atomic mass is 10.2. The van der Waals surface area contributed by atoms with E-state index in [4.69, 9.17) is 5.26 Å². The molecule has 0 aliphatic carbocycles. The smallest absolute Gasteiger partial charge is 0.102 e. The molecule has 0 unspecified atom stereocenters. The summed E-state index contributed by atoms with van der Waals surface area (Å²) >= 11 is 1.59. The van der Waals surface area contributed by atoms with Crippen molar-refractivity contribution in [1.82, 2.24) is 0 Å². The van der Waals surface area contributed by atoms with Crippen LogP contribution in [-0.2, 0) is 0 Å². The zero-order valence-corrected chi connectivity index (χ0v) is 9.60. The van der Waals surface area contributed by atoms with E-state index >= 15 is 0 Å². The van der Waals surface area contributed by atoms with Crippen molar-refractivity contribution >= 4 is 17.4 Å². The van der Waals surface area contributed by atoms with Gasteiger partial charge < -0.3 is 5.32 Å². The van der Waals surface area contributed by atoms with E-state index in [0.717, 1.165) is 29.1 Å². The third-order valence-electron chi connectivity index (χ3n) is 2.02. The number of thioether (sulfide) groups is 1. The molecule has 0 aromatic heterocycles. The fraction of sp³-hybridized carbons (Fsp3) is 0.250. The molecule has 1 aromatic carbocycles. The number of hydrogen-bond donors (Lipinski definition) is 1. The van der Waals surface area contributed by atoms with E-state index in [1.807, 2.05) is 30.5 Å². The molecule has 0 aliphatic rings. The predicted molar refractivity (Wildman–Crippen MR) is 66.2 cm³/mol. The number of anilines is 1. The second-order valence-corrected chi connectivity index (χ2v) is 3.85. The number of nitrogens with zero attached hydrogens (tertiary/aromatic N) is 1. The lowest BCUT2D eigenvalue weighted by Gasteiger charge is -2.09. The van der Waals surface area contributed by atoms with Gasteiger partial charge >= 0.3 is 0 Å². The Hall–Kier alpha value is -1.40. The summed E-state index contributed by atoms with van der Waals surface area (Å²) in [6.07, 6.45) is 4.73. The molecular weight excluding hydrogens is 204 g/mol. The molecule has 0 radical (unpaired) electrons. The van der Waals surface area contributed by atoms with Crippen LogP contribution in [-0.4, -0.2) is 12.8 Å². The Morgan fingerprint density at radius 2 is 2.40 bits per heavy atom. The highest BCUT2D eigenvalue weighted by atomic mass is 32.2. The second-order valence-electron chi connectivity index (χ2n) is 3.00. The van der Waals surface area contributed by atoms with Crippen LogP contribution in [0, 0.1) is 11.3 Å². The van der Waals surface area contributed by atoms with Crippen LogP contribution in [0.4, 0.5) is 5.69 Å². The summed E-state index contributed by atoms with van der Waals surface area (Å²) in [5.41, 5.74) is 1.64. The normalized spacial score (nSPS) is 9.33. The van der Waals surface area contributed by atoms with Crippen LogP contribution in [0.15, 0.2) is 35.7 Å². The fourth-order valence-electron chi connectivity index (χ4n) is 1.27. The van der Waals surface area contributed by atoms with Crippen LogP contribution < -0.4 is 5.32 Å². The number of rotatable bonds is 5. The highest BCUT2D eigenvalue weighted by molar-refractivity contribution is 7.98. The van der Waals surface area contributed by atoms with Crippen LogP contribution in [0.2, 0.25) is 0 Å². The average Bonchev–Trinajstić information content (AvgIpc) is 2.29. The summed E-state index contributed by atoms with van der Waals surface area (Å²) in [7, 11) is 0. The summed E-state index contributed by atoms with van der Waals surface area (Å²) in [4.78, 5) is 1.01. The van der Waals surface area contributed by atoms with Crippen molar-refractivity contribution in [3.63, 3.8) is 0 Å². The molecule has 1 aromatic rings. The van der Waals surface area contributed by atoms with Gasteiger partial charge in [-0.25, -0.2) is 0 Å². The highest BCUT2D eigenvalue weighted by Gasteiger charge is 2.05. The first kappa shape index (κ1) is 11.7. The summed E-state index contributed by atoms with van der Waals surface area (Å²) in [6.45, 7) is 4.47. The molecule has 0 heterocycles. The van der Waals surface area contributed by atoms with Crippen molar-refractivity contribution in [2.24, 2.45) is 0 Å². The molecule has 1 rings (SSSR count). The molecule has 0 atom stereocenters. The average molecular weight is 218 g/mol. The van der Waals surface area contributed by atoms with Crippen molar-refractivity contribution in [1.29, 1.82) is 5.26 Å². The van der Waals surface area contributed by atoms with E-state index in [0.29, 0.717) is 0 Å². The van der Waals surface area contributed by atoms with Crippen LogP contribution >= 0.6 is 11.8 Å². The molecule has 0 spiro atoms. The van der Waals surface area contributed by atoms with Crippen LogP contribution in [0.5, 0.6) is 0 Å². The van der Waals surface area contributed by atoms with E-state index in [2.05, 4.69) is 18.0 Å². The number of nitriles is 1. The molecule has 0 saturated heterocycles. The molecule has 0 fully saturated rings. The Kier molecular flexibility index (Phi) is 4.79. The third kappa shape index (κ3) is 3.03. The first-order valence-corrected chi connectivity index (χ1v) is 5.97. The van der Waals surface area contributed by atoms with Gasteiger partial charge in [0.1, 0.15) is 6.07 Å². The molecule has 0 bridgehead atoms. The van der Waals surface area contributed by atoms with E-state index < -0.39 is 0 Å². The summed E-state index contributed by atoms with van der Waals surface area (Å²) < 4.78 is 0. The number of hydrogen-bond acceptors (Lipinski definition) is 3. The topological polar surface area (TPSA) is 35.8 Å². The van der Waals surface area contributed by atoms with Crippen LogP contribution in [0.25, 0.3) is 0 Å². The Morgan fingerprint density at radius 1 is 1.60 bits per heavy atom. The standard InChI is InChI=1S/C12H14N2S/c1-3-4-8-14-11-6-5-7-12(15-2)10(11)9-13/h3,5-7,14H,1,4,8H2,2H3.